The van der Waals surface area contributed by atoms with Crippen LogP contribution in [0.2, 0.25) is 0 Å². The van der Waals surface area contributed by atoms with Gasteiger partial charge in [-0.1, -0.05) is 41.5 Å². The zero-order valence-corrected chi connectivity index (χ0v) is 14.5. The van der Waals surface area contributed by atoms with E-state index in [2.05, 4.69) is 0 Å². The highest BCUT2D eigenvalue weighted by molar-refractivity contribution is 5.88. The number of phenols is 2. The Morgan fingerprint density at radius 2 is 1.80 bits per heavy atom. The van der Waals surface area contributed by atoms with Crippen molar-refractivity contribution in [1.82, 2.24) is 0 Å². The van der Waals surface area contributed by atoms with Crippen molar-refractivity contribution in [1.29, 1.82) is 0 Å². The molecule has 3 aromatic rings. The summed E-state index contributed by atoms with van der Waals surface area (Å²) in [5.41, 5.74) is 3.07. The van der Waals surface area contributed by atoms with Crippen molar-refractivity contribution in [2.75, 3.05) is 0 Å². The lowest BCUT2D eigenvalue weighted by Crippen LogP contribution is -2.02. The third-order valence-electron chi connectivity index (χ3n) is 4.13. The van der Waals surface area contributed by atoms with Gasteiger partial charge in [0.05, 0.1) is 0 Å². The number of rotatable bonds is 3. The lowest BCUT2D eigenvalue weighted by molar-refractivity contribution is 0.443. The molecule has 3 rings (SSSR count). The number of aryl methyl sites for hydroxylation is 1. The molecule has 25 heavy (non-hydrogen) atoms. The minimum Gasteiger partial charge on any atom is -0.507 e. The number of hydrogen-bond donors (Lipinski definition) is 2. The summed E-state index contributed by atoms with van der Waals surface area (Å²) >= 11 is 0. The van der Waals surface area contributed by atoms with Crippen LogP contribution in [0.25, 0.3) is 22.3 Å². The maximum Gasteiger partial charge on any atom is 0.197 e. The van der Waals surface area contributed by atoms with Gasteiger partial charge in [-0.05, 0) is 27.2 Å². The molecular formula is C21H20O4. The topological polar surface area (TPSA) is 70.7 Å². The number of benzene rings is 2. The van der Waals surface area contributed by atoms with E-state index in [-0.39, 0.29) is 27.9 Å². The first kappa shape index (κ1) is 16.8. The second kappa shape index (κ2) is 6.48. The zero-order chi connectivity index (χ0) is 18.1. The lowest BCUT2D eigenvalue weighted by atomic mass is 10.0. The summed E-state index contributed by atoms with van der Waals surface area (Å²) in [6.07, 6.45) is 2.22. The quantitative estimate of drug-likeness (QED) is 0.681. The summed E-state index contributed by atoms with van der Waals surface area (Å²) in [4.78, 5) is 12.5. The van der Waals surface area contributed by atoms with Crippen molar-refractivity contribution in [2.45, 2.75) is 27.2 Å². The van der Waals surface area contributed by atoms with Gasteiger partial charge >= 0.3 is 0 Å². The molecule has 0 saturated carbocycles. The lowest BCUT2D eigenvalue weighted by Gasteiger charge is -2.10. The van der Waals surface area contributed by atoms with Crippen LogP contribution in [0, 0.1) is 6.92 Å². The SMILES string of the molecule is CC(C)=CCc1c(O)cc2oc(-c3ccc(C)cc3)cc(=O)c2c1O. The molecule has 1 heterocycles. The Kier molecular flexibility index (Phi) is 4.36. The van der Waals surface area contributed by atoms with Crippen LogP contribution in [-0.2, 0) is 6.42 Å². The van der Waals surface area contributed by atoms with E-state index in [1.54, 1.807) is 0 Å². The number of fused-ring (bicyclic) bond motifs is 1. The molecule has 2 aromatic carbocycles. The third kappa shape index (κ3) is 3.29. The van der Waals surface area contributed by atoms with E-state index < -0.39 is 0 Å². The van der Waals surface area contributed by atoms with Gasteiger partial charge in [-0.2, -0.15) is 0 Å². The zero-order valence-electron chi connectivity index (χ0n) is 14.5. The average Bonchev–Trinajstić information content (AvgIpc) is 2.54. The van der Waals surface area contributed by atoms with Gasteiger partial charge in [0.2, 0.25) is 0 Å². The molecule has 1 aromatic heterocycles. The second-order valence-electron chi connectivity index (χ2n) is 6.42. The molecule has 0 fully saturated rings. The van der Waals surface area contributed by atoms with Crippen LogP contribution in [0.5, 0.6) is 11.5 Å². The van der Waals surface area contributed by atoms with Crippen LogP contribution in [0.3, 0.4) is 0 Å². The van der Waals surface area contributed by atoms with E-state index in [0.717, 1.165) is 16.7 Å². The highest BCUT2D eigenvalue weighted by atomic mass is 16.3. The Morgan fingerprint density at radius 1 is 1.12 bits per heavy atom. The molecule has 2 N–H and O–H groups in total. The van der Waals surface area contributed by atoms with Crippen molar-refractivity contribution in [3.05, 3.63) is 69.4 Å². The fraction of sp³-hybridized carbons (Fsp3) is 0.190. The number of allylic oxidation sites excluding steroid dienone is 2. The van der Waals surface area contributed by atoms with E-state index in [1.807, 2.05) is 51.1 Å². The predicted molar refractivity (Wildman–Crippen MR) is 99.1 cm³/mol. The van der Waals surface area contributed by atoms with E-state index in [1.165, 1.54) is 12.1 Å². The van der Waals surface area contributed by atoms with Crippen molar-refractivity contribution >= 4 is 11.0 Å². The molecule has 0 aliphatic rings. The Morgan fingerprint density at radius 3 is 2.44 bits per heavy atom. The normalized spacial score (nSPS) is 10.8. The molecule has 4 heteroatoms. The highest BCUT2D eigenvalue weighted by Crippen LogP contribution is 2.36. The first-order valence-corrected chi connectivity index (χ1v) is 8.09. The molecule has 128 valence electrons. The van der Waals surface area contributed by atoms with Crippen LogP contribution >= 0.6 is 0 Å². The van der Waals surface area contributed by atoms with Crippen molar-refractivity contribution in [3.8, 4) is 22.8 Å². The number of phenolic OH excluding ortho intramolecular Hbond substituents is 2. The molecule has 0 atom stereocenters. The van der Waals surface area contributed by atoms with E-state index >= 15 is 0 Å². The number of hydrogen-bond acceptors (Lipinski definition) is 4. The Bertz CT molecular complexity index is 1020. The summed E-state index contributed by atoms with van der Waals surface area (Å²) in [5.74, 6) is 0.0803. The standard InChI is InChI=1S/C21H20O4/c1-12(2)4-9-15-16(22)10-19-20(21(15)24)17(23)11-18(25-19)14-7-5-13(3)6-8-14/h4-8,10-11,22,24H,9H2,1-3H3. The average molecular weight is 336 g/mol. The van der Waals surface area contributed by atoms with Gasteiger partial charge in [0.1, 0.15) is 28.2 Å². The summed E-state index contributed by atoms with van der Waals surface area (Å²) in [7, 11) is 0. The Hall–Kier alpha value is -3.01. The largest absolute Gasteiger partial charge is 0.507 e. The predicted octanol–water partition coefficient (Wildman–Crippen LogP) is 4.69. The van der Waals surface area contributed by atoms with Crippen molar-refractivity contribution in [3.63, 3.8) is 0 Å². The van der Waals surface area contributed by atoms with Crippen molar-refractivity contribution in [2.24, 2.45) is 0 Å². The molecule has 0 amide bonds. The Labute approximate surface area is 145 Å². The molecular weight excluding hydrogens is 316 g/mol. The third-order valence-corrected chi connectivity index (χ3v) is 4.13. The summed E-state index contributed by atoms with van der Waals surface area (Å²) in [5, 5.41) is 20.8. The number of aromatic hydroxyl groups is 2. The van der Waals surface area contributed by atoms with Crippen LogP contribution in [0.1, 0.15) is 25.0 Å². The maximum atomic E-state index is 12.5. The second-order valence-corrected chi connectivity index (χ2v) is 6.42. The highest BCUT2D eigenvalue weighted by Gasteiger charge is 2.17. The molecule has 0 aliphatic heterocycles. The molecule has 4 nitrogen and oxygen atoms in total. The van der Waals surface area contributed by atoms with E-state index in [4.69, 9.17) is 4.42 Å². The molecule has 0 spiro atoms. The first-order valence-electron chi connectivity index (χ1n) is 8.09. The van der Waals surface area contributed by atoms with Gasteiger partial charge < -0.3 is 14.6 Å². The summed E-state index contributed by atoms with van der Waals surface area (Å²) in [6.45, 7) is 5.83. The van der Waals surface area contributed by atoms with Gasteiger partial charge in [0.25, 0.3) is 0 Å². The van der Waals surface area contributed by atoms with Crippen LogP contribution in [0.4, 0.5) is 0 Å². The minimum atomic E-state index is -0.340. The molecule has 0 unspecified atom stereocenters. The molecule has 0 radical (unpaired) electrons. The van der Waals surface area contributed by atoms with Gasteiger partial charge in [-0.15, -0.1) is 0 Å². The van der Waals surface area contributed by atoms with Crippen LogP contribution in [0.15, 0.2) is 57.3 Å². The molecule has 0 bridgehead atoms. The van der Waals surface area contributed by atoms with Gasteiger partial charge in [0, 0.05) is 23.3 Å². The van der Waals surface area contributed by atoms with Crippen LogP contribution in [-0.4, -0.2) is 10.2 Å². The smallest absolute Gasteiger partial charge is 0.197 e. The van der Waals surface area contributed by atoms with Crippen molar-refractivity contribution < 1.29 is 14.6 Å². The fourth-order valence-electron chi connectivity index (χ4n) is 2.70. The van der Waals surface area contributed by atoms with Gasteiger partial charge in [-0.25, -0.2) is 0 Å². The summed E-state index contributed by atoms with van der Waals surface area (Å²) in [6, 6.07) is 10.3. The van der Waals surface area contributed by atoms with Gasteiger partial charge in [0.15, 0.2) is 5.43 Å². The molecule has 0 saturated heterocycles. The van der Waals surface area contributed by atoms with E-state index in [9.17, 15) is 15.0 Å². The molecule has 0 aliphatic carbocycles. The monoisotopic (exact) mass is 336 g/mol. The summed E-state index contributed by atoms with van der Waals surface area (Å²) < 4.78 is 5.78. The minimum absolute atomic E-state index is 0.0887. The van der Waals surface area contributed by atoms with E-state index in [0.29, 0.717) is 17.7 Å². The first-order chi connectivity index (χ1) is 11.9. The Balaban J connectivity index is 2.20. The van der Waals surface area contributed by atoms with Crippen LogP contribution < -0.4 is 5.43 Å². The maximum absolute atomic E-state index is 12.5. The fourth-order valence-corrected chi connectivity index (χ4v) is 2.70. The van der Waals surface area contributed by atoms with Gasteiger partial charge in [-0.3, -0.25) is 4.79 Å².